The maximum Gasteiger partial charge on any atom is 0.125 e. The van der Waals surface area contributed by atoms with Crippen molar-refractivity contribution in [2.45, 2.75) is 64.6 Å². The van der Waals surface area contributed by atoms with Crippen LogP contribution in [0, 0.1) is 0 Å². The molecule has 1 saturated carbocycles. The number of hydrogen-bond donors (Lipinski definition) is 1. The average Bonchev–Trinajstić information content (AvgIpc) is 3.11. The van der Waals surface area contributed by atoms with Gasteiger partial charge in [0.05, 0.1) is 5.69 Å². The monoisotopic (exact) mass is 268 g/mol. The Morgan fingerprint density at radius 1 is 1.39 bits per heavy atom. The summed E-state index contributed by atoms with van der Waals surface area (Å²) < 4.78 is 5.99. The second-order valence-electron chi connectivity index (χ2n) is 4.93. The molecule has 0 radical (unpaired) electrons. The first-order valence-corrected chi connectivity index (χ1v) is 7.94. The first kappa shape index (κ1) is 14.0. The Kier molecular flexibility index (Phi) is 4.76. The van der Waals surface area contributed by atoms with Crippen molar-refractivity contribution in [3.05, 3.63) is 16.1 Å². The predicted octanol–water partition coefficient (Wildman–Crippen LogP) is 3.45. The topological polar surface area (TPSA) is 34.1 Å². The Morgan fingerprint density at radius 2 is 2.11 bits per heavy atom. The standard InChI is InChI=1S/C14H24N2OS/c1-4-14(5-2,17-6-3)13-16-12(10-18-13)9-15-11-7-8-11/h10-11,15H,4-9H2,1-3H3. The minimum Gasteiger partial charge on any atom is -0.368 e. The van der Waals surface area contributed by atoms with Crippen molar-refractivity contribution in [2.24, 2.45) is 0 Å². The highest BCUT2D eigenvalue weighted by Crippen LogP contribution is 2.35. The summed E-state index contributed by atoms with van der Waals surface area (Å²) in [6.45, 7) is 8.07. The number of aromatic nitrogens is 1. The molecular weight excluding hydrogens is 244 g/mol. The molecular formula is C14H24N2OS. The highest BCUT2D eigenvalue weighted by molar-refractivity contribution is 7.09. The SMILES string of the molecule is CCOC(CC)(CC)c1nc(CNC2CC2)cs1. The van der Waals surface area contributed by atoms with Gasteiger partial charge in [-0.05, 0) is 32.6 Å². The van der Waals surface area contributed by atoms with Gasteiger partial charge in [0.2, 0.25) is 0 Å². The van der Waals surface area contributed by atoms with Gasteiger partial charge in [0, 0.05) is 24.6 Å². The quantitative estimate of drug-likeness (QED) is 0.784. The van der Waals surface area contributed by atoms with Gasteiger partial charge >= 0.3 is 0 Å². The van der Waals surface area contributed by atoms with Crippen molar-refractivity contribution < 1.29 is 4.74 Å². The van der Waals surface area contributed by atoms with Crippen LogP contribution in [0.5, 0.6) is 0 Å². The Balaban J connectivity index is 2.04. The molecule has 1 aliphatic carbocycles. The van der Waals surface area contributed by atoms with E-state index in [9.17, 15) is 0 Å². The maximum atomic E-state index is 5.99. The molecule has 0 aliphatic heterocycles. The number of hydrogen-bond acceptors (Lipinski definition) is 4. The zero-order valence-electron chi connectivity index (χ0n) is 11.7. The van der Waals surface area contributed by atoms with E-state index in [0.29, 0.717) is 0 Å². The highest BCUT2D eigenvalue weighted by atomic mass is 32.1. The van der Waals surface area contributed by atoms with Gasteiger partial charge in [0.25, 0.3) is 0 Å². The molecule has 0 unspecified atom stereocenters. The van der Waals surface area contributed by atoms with Crippen LogP contribution in [0.1, 0.15) is 57.2 Å². The van der Waals surface area contributed by atoms with E-state index in [-0.39, 0.29) is 5.60 Å². The van der Waals surface area contributed by atoms with Gasteiger partial charge in [-0.1, -0.05) is 13.8 Å². The van der Waals surface area contributed by atoms with E-state index in [4.69, 9.17) is 9.72 Å². The summed E-state index contributed by atoms with van der Waals surface area (Å²) in [5.74, 6) is 0. The lowest BCUT2D eigenvalue weighted by Crippen LogP contribution is -2.28. The lowest BCUT2D eigenvalue weighted by Gasteiger charge is -2.29. The fourth-order valence-corrected chi connectivity index (χ4v) is 3.34. The van der Waals surface area contributed by atoms with E-state index in [1.54, 1.807) is 11.3 Å². The second kappa shape index (κ2) is 6.13. The van der Waals surface area contributed by atoms with E-state index in [1.807, 2.05) is 0 Å². The largest absolute Gasteiger partial charge is 0.368 e. The summed E-state index contributed by atoms with van der Waals surface area (Å²) in [4.78, 5) is 4.77. The van der Waals surface area contributed by atoms with Crippen LogP contribution in [0.15, 0.2) is 5.38 Å². The van der Waals surface area contributed by atoms with Gasteiger partial charge in [0.15, 0.2) is 0 Å². The molecule has 0 aromatic carbocycles. The summed E-state index contributed by atoms with van der Waals surface area (Å²) in [7, 11) is 0. The molecule has 18 heavy (non-hydrogen) atoms. The summed E-state index contributed by atoms with van der Waals surface area (Å²) >= 11 is 1.74. The van der Waals surface area contributed by atoms with Crippen molar-refractivity contribution in [1.29, 1.82) is 0 Å². The average molecular weight is 268 g/mol. The molecule has 0 bridgehead atoms. The zero-order chi connectivity index (χ0) is 13.0. The molecule has 1 aromatic heterocycles. The first-order chi connectivity index (χ1) is 8.74. The van der Waals surface area contributed by atoms with E-state index >= 15 is 0 Å². The van der Waals surface area contributed by atoms with Crippen molar-refractivity contribution in [1.82, 2.24) is 10.3 Å². The third-order valence-electron chi connectivity index (χ3n) is 3.65. The Hall–Kier alpha value is -0.450. The summed E-state index contributed by atoms with van der Waals surface area (Å²) in [5, 5.41) is 6.82. The van der Waals surface area contributed by atoms with E-state index in [2.05, 4.69) is 31.5 Å². The molecule has 4 heteroatoms. The van der Waals surface area contributed by atoms with Gasteiger partial charge in [-0.25, -0.2) is 4.98 Å². The highest BCUT2D eigenvalue weighted by Gasteiger charge is 2.32. The summed E-state index contributed by atoms with van der Waals surface area (Å²) in [6.07, 6.45) is 4.62. The van der Waals surface area contributed by atoms with Gasteiger partial charge in [-0.2, -0.15) is 0 Å². The smallest absolute Gasteiger partial charge is 0.125 e. The van der Waals surface area contributed by atoms with Crippen LogP contribution in [0.3, 0.4) is 0 Å². The molecule has 2 rings (SSSR count). The minimum absolute atomic E-state index is 0.169. The van der Waals surface area contributed by atoms with Crippen LogP contribution in [-0.2, 0) is 16.9 Å². The zero-order valence-corrected chi connectivity index (χ0v) is 12.5. The number of ether oxygens (including phenoxy) is 1. The lowest BCUT2D eigenvalue weighted by atomic mass is 9.98. The normalized spacial score (nSPS) is 16.2. The van der Waals surface area contributed by atoms with E-state index in [1.165, 1.54) is 12.8 Å². The summed E-state index contributed by atoms with van der Waals surface area (Å²) in [6, 6.07) is 0.740. The van der Waals surface area contributed by atoms with E-state index in [0.717, 1.165) is 42.7 Å². The van der Waals surface area contributed by atoms with Gasteiger partial charge < -0.3 is 10.1 Å². The van der Waals surface area contributed by atoms with Crippen molar-refractivity contribution in [3.63, 3.8) is 0 Å². The molecule has 0 amide bonds. The van der Waals surface area contributed by atoms with E-state index < -0.39 is 0 Å². The number of rotatable bonds is 8. The van der Waals surface area contributed by atoms with Crippen LogP contribution in [0.25, 0.3) is 0 Å². The van der Waals surface area contributed by atoms with Crippen LogP contribution < -0.4 is 5.32 Å². The predicted molar refractivity (Wildman–Crippen MR) is 75.9 cm³/mol. The number of nitrogens with one attached hydrogen (secondary N) is 1. The minimum atomic E-state index is -0.169. The lowest BCUT2D eigenvalue weighted by molar-refractivity contribution is -0.0507. The summed E-state index contributed by atoms with van der Waals surface area (Å²) in [5.41, 5.74) is 0.991. The molecule has 1 aliphatic rings. The van der Waals surface area contributed by atoms with Crippen molar-refractivity contribution in [2.75, 3.05) is 6.61 Å². The molecule has 102 valence electrons. The second-order valence-corrected chi connectivity index (χ2v) is 5.79. The molecule has 1 N–H and O–H groups in total. The van der Waals surface area contributed by atoms with Crippen molar-refractivity contribution >= 4 is 11.3 Å². The Bertz CT molecular complexity index is 370. The van der Waals surface area contributed by atoms with Crippen LogP contribution in [0.2, 0.25) is 0 Å². The van der Waals surface area contributed by atoms with Crippen LogP contribution in [-0.4, -0.2) is 17.6 Å². The molecule has 1 aromatic rings. The van der Waals surface area contributed by atoms with Crippen LogP contribution in [0.4, 0.5) is 0 Å². The van der Waals surface area contributed by atoms with Crippen LogP contribution >= 0.6 is 11.3 Å². The number of thiazole rings is 1. The number of nitrogens with zero attached hydrogens (tertiary/aromatic N) is 1. The maximum absolute atomic E-state index is 5.99. The van der Waals surface area contributed by atoms with Gasteiger partial charge in [-0.15, -0.1) is 11.3 Å². The molecule has 3 nitrogen and oxygen atoms in total. The Labute approximate surface area is 114 Å². The van der Waals surface area contributed by atoms with Gasteiger partial charge in [-0.3, -0.25) is 0 Å². The first-order valence-electron chi connectivity index (χ1n) is 7.06. The molecule has 1 heterocycles. The van der Waals surface area contributed by atoms with Crippen molar-refractivity contribution in [3.8, 4) is 0 Å². The fourth-order valence-electron chi connectivity index (χ4n) is 2.23. The fraction of sp³-hybridized carbons (Fsp3) is 0.786. The Morgan fingerprint density at radius 3 is 2.67 bits per heavy atom. The third-order valence-corrected chi connectivity index (χ3v) is 4.73. The molecule has 0 saturated heterocycles. The molecule has 1 fully saturated rings. The molecule has 0 spiro atoms. The molecule has 0 atom stereocenters. The van der Waals surface area contributed by atoms with Gasteiger partial charge in [0.1, 0.15) is 10.6 Å². The third kappa shape index (κ3) is 3.11.